The zero-order valence-electron chi connectivity index (χ0n) is 20.1. The number of hydrogen-bond donors (Lipinski definition) is 1. The van der Waals surface area contributed by atoms with Crippen molar-refractivity contribution in [3.63, 3.8) is 0 Å². The number of anilines is 1. The van der Waals surface area contributed by atoms with Crippen LogP contribution in [0.5, 0.6) is 0 Å². The molecule has 1 N–H and O–H groups in total. The predicted octanol–water partition coefficient (Wildman–Crippen LogP) is 3.46. The second kappa shape index (κ2) is 11.1. The number of sulfonamides is 1. The summed E-state index contributed by atoms with van der Waals surface area (Å²) in [5.74, 6) is -0.999. The van der Waals surface area contributed by atoms with Gasteiger partial charge in [0.05, 0.1) is 11.3 Å². The lowest BCUT2D eigenvalue weighted by molar-refractivity contribution is -0.129. The fraction of sp³-hybridized carbons (Fsp3) is 0.680. The van der Waals surface area contributed by atoms with E-state index < -0.39 is 22.1 Å². The minimum Gasteiger partial charge on any atom is -0.449 e. The van der Waals surface area contributed by atoms with Crippen LogP contribution in [0, 0.1) is 0 Å². The van der Waals surface area contributed by atoms with Gasteiger partial charge in [0.25, 0.3) is 5.91 Å². The standard InChI is InChI=1S/C25H37N3O5S/c1-19(24(29)26-21-10-4-5-11-21)33-25(30)20-12-13-22(27-14-6-2-7-15-27)23(18-20)34(31,32)28-16-8-3-9-17-28/h12-13,18-19,21H,2-11,14-17H2,1H3,(H,26,29). The highest BCUT2D eigenvalue weighted by Crippen LogP contribution is 2.32. The van der Waals surface area contributed by atoms with Crippen LogP contribution >= 0.6 is 0 Å². The molecule has 4 rings (SSSR count). The van der Waals surface area contributed by atoms with Gasteiger partial charge in [0.15, 0.2) is 6.10 Å². The maximum Gasteiger partial charge on any atom is 0.338 e. The van der Waals surface area contributed by atoms with Crippen LogP contribution in [0.25, 0.3) is 0 Å². The first-order valence-corrected chi connectivity index (χ1v) is 14.2. The maximum absolute atomic E-state index is 13.6. The molecule has 1 saturated carbocycles. The van der Waals surface area contributed by atoms with E-state index in [1.165, 1.54) is 10.4 Å². The average Bonchev–Trinajstić information content (AvgIpc) is 3.37. The lowest BCUT2D eigenvalue weighted by Gasteiger charge is -2.33. The van der Waals surface area contributed by atoms with Crippen LogP contribution in [0.1, 0.15) is 81.5 Å². The smallest absolute Gasteiger partial charge is 0.338 e. The molecule has 1 aromatic rings. The zero-order valence-corrected chi connectivity index (χ0v) is 20.9. The van der Waals surface area contributed by atoms with Gasteiger partial charge in [0, 0.05) is 32.2 Å². The minimum absolute atomic E-state index is 0.138. The Morgan fingerprint density at radius 2 is 1.56 bits per heavy atom. The van der Waals surface area contributed by atoms with Crippen molar-refractivity contribution in [1.82, 2.24) is 9.62 Å². The largest absolute Gasteiger partial charge is 0.449 e. The van der Waals surface area contributed by atoms with Crippen LogP contribution in [0.3, 0.4) is 0 Å². The van der Waals surface area contributed by atoms with Gasteiger partial charge < -0.3 is 15.0 Å². The Morgan fingerprint density at radius 3 is 2.21 bits per heavy atom. The number of nitrogens with one attached hydrogen (secondary N) is 1. The number of nitrogens with zero attached hydrogens (tertiary/aromatic N) is 2. The number of ether oxygens (including phenoxy) is 1. The third-order valence-electron chi connectivity index (χ3n) is 7.18. The van der Waals surface area contributed by atoms with Gasteiger partial charge in [0.2, 0.25) is 10.0 Å². The molecule has 1 aliphatic carbocycles. The summed E-state index contributed by atoms with van der Waals surface area (Å²) in [6, 6.07) is 4.92. The number of esters is 1. The van der Waals surface area contributed by atoms with E-state index in [0.29, 0.717) is 18.8 Å². The number of hydrogen-bond acceptors (Lipinski definition) is 6. The Morgan fingerprint density at radius 1 is 0.941 bits per heavy atom. The van der Waals surface area contributed by atoms with E-state index in [9.17, 15) is 18.0 Å². The van der Waals surface area contributed by atoms with Gasteiger partial charge in [-0.3, -0.25) is 4.79 Å². The highest BCUT2D eigenvalue weighted by Gasteiger charge is 2.32. The molecule has 3 fully saturated rings. The van der Waals surface area contributed by atoms with E-state index in [2.05, 4.69) is 10.2 Å². The Kier molecular flexibility index (Phi) is 8.14. The first-order valence-electron chi connectivity index (χ1n) is 12.8. The lowest BCUT2D eigenvalue weighted by Crippen LogP contribution is -2.41. The normalized spacial score (nSPS) is 21.3. The van der Waals surface area contributed by atoms with Crippen LogP contribution in [0.2, 0.25) is 0 Å². The maximum atomic E-state index is 13.6. The fourth-order valence-electron chi connectivity index (χ4n) is 5.16. The number of carbonyl (C=O) groups is 2. The van der Waals surface area contributed by atoms with Gasteiger partial charge in [0.1, 0.15) is 4.90 Å². The van der Waals surface area contributed by atoms with E-state index >= 15 is 0 Å². The highest BCUT2D eigenvalue weighted by molar-refractivity contribution is 7.89. The fourth-order valence-corrected chi connectivity index (χ4v) is 6.91. The molecule has 0 bridgehead atoms. The molecule has 9 heteroatoms. The average molecular weight is 492 g/mol. The summed E-state index contributed by atoms with van der Waals surface area (Å²) in [5, 5.41) is 2.94. The van der Waals surface area contributed by atoms with Crippen molar-refractivity contribution in [2.75, 3.05) is 31.1 Å². The molecule has 2 heterocycles. The number of benzene rings is 1. The van der Waals surface area contributed by atoms with E-state index in [1.807, 2.05) is 0 Å². The van der Waals surface area contributed by atoms with Gasteiger partial charge in [-0.05, 0) is 70.1 Å². The SMILES string of the molecule is CC(OC(=O)c1ccc(N2CCCCC2)c(S(=O)(=O)N2CCCCC2)c1)C(=O)NC1CCCC1. The molecule has 3 aliphatic rings. The van der Waals surface area contributed by atoms with Gasteiger partial charge in [-0.1, -0.05) is 19.3 Å². The summed E-state index contributed by atoms with van der Waals surface area (Å²) in [4.78, 5) is 27.6. The Labute approximate surface area is 203 Å². The van der Waals surface area contributed by atoms with E-state index in [0.717, 1.165) is 77.3 Å². The molecule has 2 saturated heterocycles. The van der Waals surface area contributed by atoms with Crippen molar-refractivity contribution in [2.45, 2.75) is 88.2 Å². The van der Waals surface area contributed by atoms with Crippen molar-refractivity contribution in [1.29, 1.82) is 0 Å². The molecule has 0 spiro atoms. The van der Waals surface area contributed by atoms with E-state index in [1.54, 1.807) is 19.1 Å². The van der Waals surface area contributed by atoms with Crippen molar-refractivity contribution in [3.05, 3.63) is 23.8 Å². The molecule has 1 unspecified atom stereocenters. The summed E-state index contributed by atoms with van der Waals surface area (Å²) in [5.41, 5.74) is 0.797. The van der Waals surface area contributed by atoms with Crippen LogP contribution in [0.15, 0.2) is 23.1 Å². The first-order chi connectivity index (χ1) is 16.4. The summed E-state index contributed by atoms with van der Waals surface area (Å²) >= 11 is 0. The summed E-state index contributed by atoms with van der Waals surface area (Å²) in [7, 11) is -3.75. The Bertz CT molecular complexity index is 978. The molecule has 34 heavy (non-hydrogen) atoms. The molecule has 8 nitrogen and oxygen atoms in total. The van der Waals surface area contributed by atoms with E-state index in [4.69, 9.17) is 4.74 Å². The van der Waals surface area contributed by atoms with Crippen molar-refractivity contribution >= 4 is 27.6 Å². The monoisotopic (exact) mass is 491 g/mol. The topological polar surface area (TPSA) is 96.0 Å². The molecule has 1 atom stereocenters. The Hall–Kier alpha value is -2.13. The van der Waals surface area contributed by atoms with Gasteiger partial charge >= 0.3 is 5.97 Å². The van der Waals surface area contributed by atoms with Crippen LogP contribution in [-0.2, 0) is 19.6 Å². The number of piperidine rings is 2. The number of rotatable bonds is 7. The van der Waals surface area contributed by atoms with E-state index in [-0.39, 0.29) is 22.4 Å². The van der Waals surface area contributed by atoms with Gasteiger partial charge in [-0.2, -0.15) is 4.31 Å². The molecule has 0 aromatic heterocycles. The first kappa shape index (κ1) is 25.0. The third kappa shape index (κ3) is 5.74. The highest BCUT2D eigenvalue weighted by atomic mass is 32.2. The number of carbonyl (C=O) groups excluding carboxylic acids is 2. The predicted molar refractivity (Wildman–Crippen MR) is 130 cm³/mol. The van der Waals surface area contributed by atoms with Crippen molar-refractivity contribution in [2.24, 2.45) is 0 Å². The second-order valence-electron chi connectivity index (χ2n) is 9.73. The molecule has 1 aromatic carbocycles. The zero-order chi connectivity index (χ0) is 24.1. The summed E-state index contributed by atoms with van der Waals surface area (Å²) < 4.78 is 34.2. The minimum atomic E-state index is -3.75. The lowest BCUT2D eigenvalue weighted by atomic mass is 10.1. The van der Waals surface area contributed by atoms with Crippen molar-refractivity contribution in [3.8, 4) is 0 Å². The quantitative estimate of drug-likeness (QED) is 0.587. The molecular formula is C25H37N3O5S. The van der Waals surface area contributed by atoms with Crippen molar-refractivity contribution < 1.29 is 22.7 Å². The molecule has 188 valence electrons. The summed E-state index contributed by atoms with van der Waals surface area (Å²) in [6.45, 7) is 4.13. The Balaban J connectivity index is 1.56. The van der Waals surface area contributed by atoms with Gasteiger partial charge in [-0.25, -0.2) is 13.2 Å². The molecule has 2 aliphatic heterocycles. The summed E-state index contributed by atoms with van der Waals surface area (Å²) in [6.07, 6.45) is 9.01. The third-order valence-corrected chi connectivity index (χ3v) is 9.11. The van der Waals surface area contributed by atoms with Crippen LogP contribution < -0.4 is 10.2 Å². The van der Waals surface area contributed by atoms with Gasteiger partial charge in [-0.15, -0.1) is 0 Å². The molecule has 0 radical (unpaired) electrons. The van der Waals surface area contributed by atoms with Crippen LogP contribution in [0.4, 0.5) is 5.69 Å². The second-order valence-corrected chi connectivity index (χ2v) is 11.6. The number of amides is 1. The molecule has 1 amide bonds. The van der Waals surface area contributed by atoms with Crippen LogP contribution in [-0.4, -0.2) is 62.9 Å². The molecular weight excluding hydrogens is 454 g/mol.